The van der Waals surface area contributed by atoms with Crippen molar-refractivity contribution in [3.63, 3.8) is 0 Å². The summed E-state index contributed by atoms with van der Waals surface area (Å²) in [5.74, 6) is -3.04. The molecule has 0 bridgehead atoms. The van der Waals surface area contributed by atoms with Crippen LogP contribution in [-0.4, -0.2) is 70.4 Å². The smallest absolute Gasteiger partial charge is 0.490 e. The first-order valence-electron chi connectivity index (χ1n) is 11.4. The van der Waals surface area contributed by atoms with Gasteiger partial charge in [-0.15, -0.1) is 0 Å². The lowest BCUT2D eigenvalue weighted by Gasteiger charge is -2.25. The second-order valence-electron chi connectivity index (χ2n) is 9.69. The summed E-state index contributed by atoms with van der Waals surface area (Å²) in [5, 5.41) is 29.0. The van der Waals surface area contributed by atoms with E-state index in [1.54, 1.807) is 23.1 Å². The molecule has 0 unspecified atom stereocenters. The van der Waals surface area contributed by atoms with Crippen LogP contribution < -0.4 is 10.1 Å². The molecule has 2 aliphatic heterocycles. The van der Waals surface area contributed by atoms with Gasteiger partial charge in [-0.2, -0.15) is 18.4 Å². The topological polar surface area (TPSA) is 140 Å². The maximum Gasteiger partial charge on any atom is 0.490 e. The van der Waals surface area contributed by atoms with E-state index >= 15 is 0 Å². The SMILES string of the molecule is CC(C)(C)c1cc(C(=O)O)ccc1OC[C@H]1CC[C@@H](C(=O)N2CCC[C@H]2C#N)N1.O=C(O)C(F)(F)F. The Balaban J connectivity index is 0.000000572. The predicted octanol–water partition coefficient (Wildman–Crippen LogP) is 3.33. The molecular formula is C24H30F3N3O6. The number of aliphatic carboxylic acids is 1. The minimum Gasteiger partial charge on any atom is -0.492 e. The summed E-state index contributed by atoms with van der Waals surface area (Å²) in [6.45, 7) is 7.11. The van der Waals surface area contributed by atoms with E-state index in [1.165, 1.54) is 0 Å². The number of amides is 1. The molecule has 0 saturated carbocycles. The zero-order chi connectivity index (χ0) is 27.3. The quantitative estimate of drug-likeness (QED) is 0.545. The number of benzene rings is 1. The third-order valence-electron chi connectivity index (χ3n) is 5.94. The summed E-state index contributed by atoms with van der Waals surface area (Å²) < 4.78 is 37.8. The van der Waals surface area contributed by atoms with Crippen LogP contribution in [-0.2, 0) is 15.0 Å². The molecule has 36 heavy (non-hydrogen) atoms. The fraction of sp³-hybridized carbons (Fsp3) is 0.583. The van der Waals surface area contributed by atoms with Gasteiger partial charge in [0.2, 0.25) is 5.91 Å². The molecule has 12 heteroatoms. The molecule has 2 fully saturated rings. The molecule has 2 heterocycles. The Bertz CT molecular complexity index is 1020. The molecule has 0 spiro atoms. The van der Waals surface area contributed by atoms with Gasteiger partial charge in [-0.25, -0.2) is 9.59 Å². The van der Waals surface area contributed by atoms with Crippen molar-refractivity contribution in [2.24, 2.45) is 0 Å². The van der Waals surface area contributed by atoms with Crippen molar-refractivity contribution >= 4 is 17.8 Å². The summed E-state index contributed by atoms with van der Waals surface area (Å²) >= 11 is 0. The molecule has 1 amide bonds. The number of carboxylic acid groups (broad SMARTS) is 2. The monoisotopic (exact) mass is 513 g/mol. The Labute approximate surface area is 206 Å². The summed E-state index contributed by atoms with van der Waals surface area (Å²) in [5.41, 5.74) is 0.825. The van der Waals surface area contributed by atoms with Crippen LogP contribution in [0.15, 0.2) is 18.2 Å². The molecule has 3 rings (SSSR count). The van der Waals surface area contributed by atoms with E-state index in [1.807, 2.05) is 20.8 Å². The summed E-state index contributed by atoms with van der Waals surface area (Å²) in [6.07, 6.45) is -1.90. The van der Waals surface area contributed by atoms with E-state index in [-0.39, 0.29) is 35.0 Å². The summed E-state index contributed by atoms with van der Waals surface area (Å²) in [4.78, 5) is 34.6. The van der Waals surface area contributed by atoms with Crippen LogP contribution in [0.5, 0.6) is 5.75 Å². The Hall–Kier alpha value is -3.33. The van der Waals surface area contributed by atoms with Gasteiger partial charge in [0.25, 0.3) is 0 Å². The maximum absolute atomic E-state index is 12.7. The van der Waals surface area contributed by atoms with E-state index in [2.05, 4.69) is 11.4 Å². The number of hydrogen-bond acceptors (Lipinski definition) is 6. The number of nitrogens with one attached hydrogen (secondary N) is 1. The van der Waals surface area contributed by atoms with Crippen LogP contribution in [0.25, 0.3) is 0 Å². The van der Waals surface area contributed by atoms with Crippen LogP contribution in [0.3, 0.4) is 0 Å². The normalized spacial score (nSPS) is 21.8. The van der Waals surface area contributed by atoms with E-state index in [0.29, 0.717) is 18.9 Å². The first-order chi connectivity index (χ1) is 16.6. The number of nitriles is 1. The highest BCUT2D eigenvalue weighted by Crippen LogP contribution is 2.33. The van der Waals surface area contributed by atoms with Gasteiger partial charge >= 0.3 is 18.1 Å². The van der Waals surface area contributed by atoms with Crippen molar-refractivity contribution < 1.29 is 42.5 Å². The third-order valence-corrected chi connectivity index (χ3v) is 5.94. The van der Waals surface area contributed by atoms with Crippen molar-refractivity contribution in [1.29, 1.82) is 5.26 Å². The standard InChI is InChI=1S/C22H29N3O4.C2HF3O2/c1-22(2,3)17-11-14(21(27)28)6-9-19(17)29-13-15-7-8-18(24-15)20(26)25-10-4-5-16(25)12-23;3-2(4,5)1(6)7/h6,9,11,15-16,18,24H,4-5,7-8,10,13H2,1-3H3,(H,27,28);(H,6,7)/t15-,16+,18+;/m1./s1. The van der Waals surface area contributed by atoms with Crippen molar-refractivity contribution in [1.82, 2.24) is 10.2 Å². The Morgan fingerprint density at radius 1 is 1.17 bits per heavy atom. The van der Waals surface area contributed by atoms with Gasteiger partial charge < -0.3 is 19.8 Å². The van der Waals surface area contributed by atoms with Gasteiger partial charge in [-0.05, 0) is 49.3 Å². The third kappa shape index (κ3) is 7.58. The summed E-state index contributed by atoms with van der Waals surface area (Å²) in [7, 11) is 0. The van der Waals surface area contributed by atoms with E-state index in [0.717, 1.165) is 31.2 Å². The number of carboxylic acids is 2. The number of alkyl halides is 3. The Kier molecular flexibility index (Phi) is 9.32. The van der Waals surface area contributed by atoms with Gasteiger partial charge in [0.15, 0.2) is 0 Å². The minimum absolute atomic E-state index is 0.0118. The van der Waals surface area contributed by atoms with Crippen LogP contribution in [0.1, 0.15) is 62.4 Å². The number of likely N-dealkylation sites (tertiary alicyclic amines) is 1. The number of halogens is 3. The largest absolute Gasteiger partial charge is 0.492 e. The second-order valence-corrected chi connectivity index (χ2v) is 9.69. The molecule has 2 saturated heterocycles. The number of hydrogen-bond donors (Lipinski definition) is 3. The average Bonchev–Trinajstić information content (AvgIpc) is 3.45. The van der Waals surface area contributed by atoms with Crippen LogP contribution in [0, 0.1) is 11.3 Å². The lowest BCUT2D eigenvalue weighted by Crippen LogP contribution is -2.47. The molecule has 0 aromatic heterocycles. The summed E-state index contributed by atoms with van der Waals surface area (Å²) in [6, 6.07) is 6.62. The van der Waals surface area contributed by atoms with Crippen LogP contribution >= 0.6 is 0 Å². The molecule has 0 radical (unpaired) electrons. The Morgan fingerprint density at radius 3 is 2.33 bits per heavy atom. The van der Waals surface area contributed by atoms with Gasteiger partial charge in [0.1, 0.15) is 18.4 Å². The molecule has 2 aliphatic rings. The molecule has 3 atom stereocenters. The van der Waals surface area contributed by atoms with Crippen LogP contribution in [0.4, 0.5) is 13.2 Å². The number of nitrogens with zero attached hydrogens (tertiary/aromatic N) is 2. The van der Waals surface area contributed by atoms with Crippen molar-refractivity contribution in [3.8, 4) is 11.8 Å². The fourth-order valence-electron chi connectivity index (χ4n) is 4.08. The van der Waals surface area contributed by atoms with Crippen molar-refractivity contribution in [2.45, 2.75) is 76.2 Å². The molecular weight excluding hydrogens is 483 g/mol. The van der Waals surface area contributed by atoms with Gasteiger partial charge in [0, 0.05) is 18.2 Å². The molecule has 3 N–H and O–H groups in total. The van der Waals surface area contributed by atoms with E-state index in [9.17, 15) is 33.1 Å². The number of ether oxygens (including phenoxy) is 1. The Morgan fingerprint density at radius 2 is 1.81 bits per heavy atom. The number of rotatable bonds is 5. The van der Waals surface area contributed by atoms with E-state index < -0.39 is 18.1 Å². The number of aromatic carboxylic acids is 1. The molecule has 198 valence electrons. The highest BCUT2D eigenvalue weighted by atomic mass is 19.4. The predicted molar refractivity (Wildman–Crippen MR) is 122 cm³/mol. The zero-order valence-corrected chi connectivity index (χ0v) is 20.3. The number of carbonyl (C=O) groups excluding carboxylic acids is 1. The fourth-order valence-corrected chi connectivity index (χ4v) is 4.08. The maximum atomic E-state index is 12.7. The van der Waals surface area contributed by atoms with Crippen molar-refractivity contribution in [2.75, 3.05) is 13.2 Å². The lowest BCUT2D eigenvalue weighted by atomic mass is 9.85. The molecule has 1 aromatic carbocycles. The van der Waals surface area contributed by atoms with Crippen molar-refractivity contribution in [3.05, 3.63) is 29.3 Å². The first kappa shape index (κ1) is 28.9. The number of carbonyl (C=O) groups is 3. The average molecular weight is 514 g/mol. The zero-order valence-electron chi connectivity index (χ0n) is 20.3. The highest BCUT2D eigenvalue weighted by molar-refractivity contribution is 5.88. The van der Waals surface area contributed by atoms with Gasteiger partial charge in [0.05, 0.1) is 17.7 Å². The first-order valence-corrected chi connectivity index (χ1v) is 11.4. The van der Waals surface area contributed by atoms with E-state index in [4.69, 9.17) is 14.6 Å². The molecule has 0 aliphatic carbocycles. The minimum atomic E-state index is -5.08. The highest BCUT2D eigenvalue weighted by Gasteiger charge is 2.38. The lowest BCUT2D eigenvalue weighted by molar-refractivity contribution is -0.192. The van der Waals surface area contributed by atoms with Gasteiger partial charge in [-0.3, -0.25) is 10.1 Å². The van der Waals surface area contributed by atoms with Crippen LogP contribution in [0.2, 0.25) is 0 Å². The second kappa shape index (κ2) is 11.6. The van der Waals surface area contributed by atoms with Gasteiger partial charge in [-0.1, -0.05) is 20.8 Å². The molecule has 9 nitrogen and oxygen atoms in total. The molecule has 1 aromatic rings.